The van der Waals surface area contributed by atoms with Crippen molar-refractivity contribution in [3.63, 3.8) is 0 Å². The Kier molecular flexibility index (Phi) is 4.31. The van der Waals surface area contributed by atoms with Crippen LogP contribution in [0.1, 0.15) is 24.7 Å². The number of halogens is 1. The van der Waals surface area contributed by atoms with E-state index in [-0.39, 0.29) is 0 Å². The van der Waals surface area contributed by atoms with Crippen molar-refractivity contribution in [1.29, 1.82) is 0 Å². The van der Waals surface area contributed by atoms with Gasteiger partial charge in [0.25, 0.3) is 0 Å². The van der Waals surface area contributed by atoms with E-state index in [0.29, 0.717) is 17.8 Å². The van der Waals surface area contributed by atoms with Gasteiger partial charge in [-0.3, -0.25) is 0 Å². The SMILES string of the molecule is COc1ncnc2c1nc(CCCl)n2C1CCCSC1. The quantitative estimate of drug-likeness (QED) is 0.812. The standard InChI is InChI=1S/C13H17ClN4OS/c1-19-13-11-12(15-8-16-13)18(10(17-11)4-5-14)9-3-2-6-20-7-9/h8-9H,2-7H2,1H3. The van der Waals surface area contributed by atoms with E-state index < -0.39 is 0 Å². The topological polar surface area (TPSA) is 52.8 Å². The number of imidazole rings is 1. The lowest BCUT2D eigenvalue weighted by atomic mass is 10.2. The first kappa shape index (κ1) is 13.9. The van der Waals surface area contributed by atoms with Crippen molar-refractivity contribution in [2.24, 2.45) is 0 Å². The van der Waals surface area contributed by atoms with Crippen LogP contribution in [0.15, 0.2) is 6.33 Å². The molecule has 1 aliphatic rings. The minimum absolute atomic E-state index is 0.441. The molecular formula is C13H17ClN4OS. The fourth-order valence-corrected chi connectivity index (χ4v) is 3.95. The van der Waals surface area contributed by atoms with Crippen LogP contribution in [0.5, 0.6) is 5.88 Å². The third-order valence-corrected chi connectivity index (χ3v) is 4.92. The van der Waals surface area contributed by atoms with Crippen LogP contribution in [0.3, 0.4) is 0 Å². The summed E-state index contributed by atoms with van der Waals surface area (Å²) in [5.41, 5.74) is 1.61. The van der Waals surface area contributed by atoms with Gasteiger partial charge in [-0.05, 0) is 18.6 Å². The second-order valence-electron chi connectivity index (χ2n) is 4.76. The van der Waals surface area contributed by atoms with E-state index in [2.05, 4.69) is 19.5 Å². The summed E-state index contributed by atoms with van der Waals surface area (Å²) in [5, 5.41) is 0. The lowest BCUT2D eigenvalue weighted by Gasteiger charge is -2.24. The van der Waals surface area contributed by atoms with Crippen LogP contribution in [-0.2, 0) is 6.42 Å². The van der Waals surface area contributed by atoms with E-state index >= 15 is 0 Å². The molecule has 1 aliphatic heterocycles. The maximum absolute atomic E-state index is 5.92. The predicted molar refractivity (Wildman–Crippen MR) is 81.9 cm³/mol. The van der Waals surface area contributed by atoms with Gasteiger partial charge in [0, 0.05) is 24.1 Å². The summed E-state index contributed by atoms with van der Waals surface area (Å²) in [6.07, 6.45) is 4.68. The van der Waals surface area contributed by atoms with Gasteiger partial charge in [-0.2, -0.15) is 16.7 Å². The van der Waals surface area contributed by atoms with E-state index in [9.17, 15) is 0 Å². The first-order valence-corrected chi connectivity index (χ1v) is 8.43. The van der Waals surface area contributed by atoms with Crippen LogP contribution < -0.4 is 4.74 Å². The van der Waals surface area contributed by atoms with Gasteiger partial charge in [-0.25, -0.2) is 9.97 Å². The molecule has 1 atom stereocenters. The van der Waals surface area contributed by atoms with Crippen LogP contribution in [0.2, 0.25) is 0 Å². The predicted octanol–water partition coefficient (Wildman–Crippen LogP) is 2.68. The van der Waals surface area contributed by atoms with Gasteiger partial charge in [0.15, 0.2) is 11.2 Å². The molecule has 1 fully saturated rings. The molecule has 3 heterocycles. The molecule has 1 unspecified atom stereocenters. The Hall–Kier alpha value is -1.01. The van der Waals surface area contributed by atoms with Crippen LogP contribution in [0.25, 0.3) is 11.2 Å². The Morgan fingerprint density at radius 1 is 1.50 bits per heavy atom. The molecule has 0 bridgehead atoms. The molecule has 20 heavy (non-hydrogen) atoms. The monoisotopic (exact) mass is 312 g/mol. The molecule has 0 saturated carbocycles. The van der Waals surface area contributed by atoms with Gasteiger partial charge in [0.05, 0.1) is 7.11 Å². The molecule has 0 aromatic carbocycles. The Balaban J connectivity index is 2.13. The smallest absolute Gasteiger partial charge is 0.245 e. The van der Waals surface area contributed by atoms with Gasteiger partial charge >= 0.3 is 0 Å². The Labute approximate surface area is 127 Å². The van der Waals surface area contributed by atoms with Crippen LogP contribution in [0, 0.1) is 0 Å². The normalized spacial score (nSPS) is 19.4. The molecule has 1 saturated heterocycles. The van der Waals surface area contributed by atoms with Crippen LogP contribution in [-0.4, -0.2) is 44.0 Å². The summed E-state index contributed by atoms with van der Waals surface area (Å²) in [5.74, 6) is 4.42. The third-order valence-electron chi connectivity index (χ3n) is 3.53. The third kappa shape index (κ3) is 2.46. The molecule has 0 aliphatic carbocycles. The van der Waals surface area contributed by atoms with E-state index in [0.717, 1.165) is 29.2 Å². The van der Waals surface area contributed by atoms with Crippen molar-refractivity contribution in [3.8, 4) is 5.88 Å². The number of alkyl halides is 1. The maximum Gasteiger partial charge on any atom is 0.245 e. The number of hydrogen-bond donors (Lipinski definition) is 0. The maximum atomic E-state index is 5.92. The van der Waals surface area contributed by atoms with Crippen molar-refractivity contribution in [3.05, 3.63) is 12.2 Å². The van der Waals surface area contributed by atoms with Gasteiger partial charge in [-0.15, -0.1) is 11.6 Å². The van der Waals surface area contributed by atoms with E-state index in [1.54, 1.807) is 13.4 Å². The zero-order valence-electron chi connectivity index (χ0n) is 11.4. The first-order valence-electron chi connectivity index (χ1n) is 6.74. The molecule has 7 heteroatoms. The number of thioether (sulfide) groups is 1. The molecule has 0 amide bonds. The van der Waals surface area contributed by atoms with Crippen molar-refractivity contribution < 1.29 is 4.74 Å². The number of hydrogen-bond acceptors (Lipinski definition) is 5. The van der Waals surface area contributed by atoms with E-state index in [1.807, 2.05) is 11.8 Å². The van der Waals surface area contributed by atoms with Crippen molar-refractivity contribution in [1.82, 2.24) is 19.5 Å². The minimum atomic E-state index is 0.441. The summed E-state index contributed by atoms with van der Waals surface area (Å²) in [6, 6.07) is 0.441. The number of fused-ring (bicyclic) bond motifs is 1. The first-order chi connectivity index (χ1) is 9.85. The highest BCUT2D eigenvalue weighted by molar-refractivity contribution is 7.99. The summed E-state index contributed by atoms with van der Waals surface area (Å²) >= 11 is 7.91. The molecule has 3 rings (SSSR count). The van der Waals surface area contributed by atoms with Gasteiger partial charge < -0.3 is 9.30 Å². The van der Waals surface area contributed by atoms with Gasteiger partial charge in [0.2, 0.25) is 5.88 Å². The largest absolute Gasteiger partial charge is 0.479 e. The fourth-order valence-electron chi connectivity index (χ4n) is 2.65. The lowest BCUT2D eigenvalue weighted by molar-refractivity contribution is 0.401. The summed E-state index contributed by atoms with van der Waals surface area (Å²) in [6.45, 7) is 0. The zero-order chi connectivity index (χ0) is 13.9. The van der Waals surface area contributed by atoms with Gasteiger partial charge in [-0.1, -0.05) is 0 Å². The summed E-state index contributed by atoms with van der Waals surface area (Å²) in [4.78, 5) is 13.2. The van der Waals surface area contributed by atoms with Crippen molar-refractivity contribution in [2.45, 2.75) is 25.3 Å². The Morgan fingerprint density at radius 2 is 2.40 bits per heavy atom. The van der Waals surface area contributed by atoms with Crippen LogP contribution >= 0.6 is 23.4 Å². The highest BCUT2D eigenvalue weighted by Crippen LogP contribution is 2.32. The fraction of sp³-hybridized carbons (Fsp3) is 0.615. The molecule has 0 N–H and O–H groups in total. The number of ether oxygens (including phenoxy) is 1. The Bertz CT molecular complexity index is 597. The lowest BCUT2D eigenvalue weighted by Crippen LogP contribution is -2.19. The van der Waals surface area contributed by atoms with Crippen LogP contribution in [0.4, 0.5) is 0 Å². The van der Waals surface area contributed by atoms with Crippen molar-refractivity contribution in [2.75, 3.05) is 24.5 Å². The van der Waals surface area contributed by atoms with E-state index in [4.69, 9.17) is 16.3 Å². The summed E-state index contributed by atoms with van der Waals surface area (Å²) < 4.78 is 7.54. The Morgan fingerprint density at radius 3 is 3.10 bits per heavy atom. The number of methoxy groups -OCH3 is 1. The second-order valence-corrected chi connectivity index (χ2v) is 6.29. The van der Waals surface area contributed by atoms with E-state index in [1.165, 1.54) is 18.6 Å². The highest BCUT2D eigenvalue weighted by atomic mass is 35.5. The number of aryl methyl sites for hydroxylation is 1. The molecule has 0 radical (unpaired) electrons. The van der Waals surface area contributed by atoms with Crippen molar-refractivity contribution >= 4 is 34.5 Å². The molecule has 0 spiro atoms. The summed E-state index contributed by atoms with van der Waals surface area (Å²) in [7, 11) is 1.61. The van der Waals surface area contributed by atoms with Gasteiger partial charge in [0.1, 0.15) is 12.2 Å². The number of aromatic nitrogens is 4. The average molecular weight is 313 g/mol. The highest BCUT2D eigenvalue weighted by Gasteiger charge is 2.23. The number of rotatable bonds is 4. The molecule has 2 aromatic heterocycles. The average Bonchev–Trinajstić information content (AvgIpc) is 2.86. The molecule has 108 valence electrons. The zero-order valence-corrected chi connectivity index (χ0v) is 13.0. The second kappa shape index (κ2) is 6.18. The number of nitrogens with zero attached hydrogens (tertiary/aromatic N) is 4. The minimum Gasteiger partial charge on any atom is -0.479 e. The molecule has 2 aromatic rings. The molecular weight excluding hydrogens is 296 g/mol. The molecule has 5 nitrogen and oxygen atoms in total.